The maximum atomic E-state index is 11.9. The largest absolute Gasteiger partial charge is 0.497 e. The van der Waals surface area contributed by atoms with Crippen molar-refractivity contribution in [1.82, 2.24) is 5.32 Å². The fourth-order valence-corrected chi connectivity index (χ4v) is 2.35. The molecule has 0 aliphatic heterocycles. The average Bonchev–Trinajstić information content (AvgIpc) is 2.60. The minimum absolute atomic E-state index is 0.0655. The minimum atomic E-state index is 0.0655. The molecule has 0 aliphatic rings. The Morgan fingerprint density at radius 3 is 2.04 bits per heavy atom. The smallest absolute Gasteiger partial charge is 0.220 e. The van der Waals surface area contributed by atoms with Crippen LogP contribution < -0.4 is 14.8 Å². The van der Waals surface area contributed by atoms with Crippen LogP contribution in [0.5, 0.6) is 11.5 Å². The van der Waals surface area contributed by atoms with Crippen LogP contribution in [0, 0.1) is 0 Å². The average molecular weight is 313 g/mol. The number of rotatable bonds is 8. The highest BCUT2D eigenvalue weighted by Gasteiger charge is 2.03. The number of carbonyl (C=O) groups is 1. The van der Waals surface area contributed by atoms with Gasteiger partial charge in [0, 0.05) is 13.0 Å². The number of aryl methyl sites for hydroxylation is 1. The van der Waals surface area contributed by atoms with E-state index in [9.17, 15) is 4.79 Å². The third-order valence-corrected chi connectivity index (χ3v) is 3.64. The number of hydrogen-bond donors (Lipinski definition) is 1. The molecule has 0 atom stereocenters. The van der Waals surface area contributed by atoms with E-state index in [1.54, 1.807) is 14.2 Å². The molecule has 2 aromatic rings. The van der Waals surface area contributed by atoms with Crippen molar-refractivity contribution >= 4 is 5.91 Å². The molecule has 1 amide bonds. The third kappa shape index (κ3) is 5.66. The molecule has 122 valence electrons. The molecule has 0 aromatic heterocycles. The summed E-state index contributed by atoms with van der Waals surface area (Å²) >= 11 is 0. The fraction of sp³-hybridized carbons (Fsp3) is 0.316. The van der Waals surface area contributed by atoms with Crippen LogP contribution in [0.2, 0.25) is 0 Å². The second kappa shape index (κ2) is 8.83. The van der Waals surface area contributed by atoms with Crippen LogP contribution in [-0.2, 0) is 17.6 Å². The molecule has 2 aromatic carbocycles. The summed E-state index contributed by atoms with van der Waals surface area (Å²) in [5.74, 6) is 1.73. The van der Waals surface area contributed by atoms with Crippen molar-refractivity contribution in [3.05, 3.63) is 59.7 Å². The van der Waals surface area contributed by atoms with E-state index in [4.69, 9.17) is 9.47 Å². The van der Waals surface area contributed by atoms with Crippen LogP contribution in [-0.4, -0.2) is 26.7 Å². The predicted molar refractivity (Wildman–Crippen MR) is 91.0 cm³/mol. The van der Waals surface area contributed by atoms with Crippen molar-refractivity contribution in [3.8, 4) is 11.5 Å². The van der Waals surface area contributed by atoms with Gasteiger partial charge in [0.15, 0.2) is 0 Å². The van der Waals surface area contributed by atoms with E-state index in [0.29, 0.717) is 19.4 Å². The van der Waals surface area contributed by atoms with E-state index in [1.165, 1.54) is 0 Å². The SMILES string of the molecule is COc1cccc(CCNC(=O)CCc2cccc(OC)c2)c1. The second-order valence-corrected chi connectivity index (χ2v) is 5.30. The van der Waals surface area contributed by atoms with Gasteiger partial charge in [-0.2, -0.15) is 0 Å². The predicted octanol–water partition coefficient (Wildman–Crippen LogP) is 3.00. The number of carbonyl (C=O) groups excluding carboxylic acids is 1. The summed E-state index contributed by atoms with van der Waals surface area (Å²) in [6.07, 6.45) is 1.98. The quantitative estimate of drug-likeness (QED) is 0.815. The molecule has 2 rings (SSSR count). The van der Waals surface area contributed by atoms with Crippen molar-refractivity contribution in [2.24, 2.45) is 0 Å². The zero-order chi connectivity index (χ0) is 16.5. The van der Waals surface area contributed by atoms with Gasteiger partial charge in [0.2, 0.25) is 5.91 Å². The molecule has 4 nitrogen and oxygen atoms in total. The maximum Gasteiger partial charge on any atom is 0.220 e. The number of hydrogen-bond acceptors (Lipinski definition) is 3. The molecule has 23 heavy (non-hydrogen) atoms. The lowest BCUT2D eigenvalue weighted by Gasteiger charge is -2.07. The monoisotopic (exact) mass is 313 g/mol. The topological polar surface area (TPSA) is 47.6 Å². The van der Waals surface area contributed by atoms with Gasteiger partial charge in [-0.25, -0.2) is 0 Å². The van der Waals surface area contributed by atoms with Crippen molar-refractivity contribution in [1.29, 1.82) is 0 Å². The Morgan fingerprint density at radius 1 is 0.913 bits per heavy atom. The van der Waals surface area contributed by atoms with E-state index in [2.05, 4.69) is 5.32 Å². The van der Waals surface area contributed by atoms with Gasteiger partial charge in [-0.1, -0.05) is 24.3 Å². The number of amides is 1. The van der Waals surface area contributed by atoms with Crippen molar-refractivity contribution in [2.45, 2.75) is 19.3 Å². The number of methoxy groups -OCH3 is 2. The van der Waals surface area contributed by atoms with Gasteiger partial charge in [-0.3, -0.25) is 4.79 Å². The molecular formula is C19H23NO3. The molecule has 4 heteroatoms. The fourth-order valence-electron chi connectivity index (χ4n) is 2.35. The summed E-state index contributed by atoms with van der Waals surface area (Å²) in [6, 6.07) is 15.7. The first-order valence-corrected chi connectivity index (χ1v) is 7.74. The first-order valence-electron chi connectivity index (χ1n) is 7.74. The van der Waals surface area contributed by atoms with Crippen LogP contribution >= 0.6 is 0 Å². The highest BCUT2D eigenvalue weighted by Crippen LogP contribution is 2.14. The number of ether oxygens (including phenoxy) is 2. The summed E-state index contributed by atoms with van der Waals surface area (Å²) in [5.41, 5.74) is 2.25. The Bertz CT molecular complexity index is 640. The molecular weight excluding hydrogens is 290 g/mol. The minimum Gasteiger partial charge on any atom is -0.497 e. The molecule has 0 saturated carbocycles. The molecule has 0 heterocycles. The van der Waals surface area contributed by atoms with Crippen molar-refractivity contribution < 1.29 is 14.3 Å². The molecule has 0 aliphatic carbocycles. The van der Waals surface area contributed by atoms with E-state index in [1.807, 2.05) is 48.5 Å². The van der Waals surface area contributed by atoms with Gasteiger partial charge in [0.05, 0.1) is 14.2 Å². The first kappa shape index (κ1) is 16.9. The van der Waals surface area contributed by atoms with Gasteiger partial charge < -0.3 is 14.8 Å². The van der Waals surface area contributed by atoms with Crippen molar-refractivity contribution in [2.75, 3.05) is 20.8 Å². The summed E-state index contributed by atoms with van der Waals surface area (Å²) in [6.45, 7) is 0.629. The van der Waals surface area contributed by atoms with E-state index in [-0.39, 0.29) is 5.91 Å². The number of benzene rings is 2. The van der Waals surface area contributed by atoms with Crippen LogP contribution in [0.3, 0.4) is 0 Å². The third-order valence-electron chi connectivity index (χ3n) is 3.64. The van der Waals surface area contributed by atoms with Gasteiger partial charge in [-0.15, -0.1) is 0 Å². The normalized spacial score (nSPS) is 10.2. The standard InChI is InChI=1S/C19H23NO3/c1-22-17-7-3-5-15(13-17)9-10-19(21)20-12-11-16-6-4-8-18(14-16)23-2/h3-8,13-14H,9-12H2,1-2H3,(H,20,21). The Morgan fingerprint density at radius 2 is 1.48 bits per heavy atom. The zero-order valence-corrected chi connectivity index (χ0v) is 13.7. The zero-order valence-electron chi connectivity index (χ0n) is 13.7. The van der Waals surface area contributed by atoms with Gasteiger partial charge in [0.25, 0.3) is 0 Å². The molecule has 0 radical (unpaired) electrons. The first-order chi connectivity index (χ1) is 11.2. The number of nitrogens with one attached hydrogen (secondary N) is 1. The lowest BCUT2D eigenvalue weighted by Crippen LogP contribution is -2.25. The van der Waals surface area contributed by atoms with E-state index in [0.717, 1.165) is 29.0 Å². The van der Waals surface area contributed by atoms with Gasteiger partial charge >= 0.3 is 0 Å². The molecule has 0 spiro atoms. The Labute approximate surface area is 137 Å². The summed E-state index contributed by atoms with van der Waals surface area (Å²) in [5, 5.41) is 2.96. The van der Waals surface area contributed by atoms with Gasteiger partial charge in [-0.05, 0) is 48.2 Å². The van der Waals surface area contributed by atoms with Crippen LogP contribution in [0.15, 0.2) is 48.5 Å². The highest BCUT2D eigenvalue weighted by atomic mass is 16.5. The molecule has 0 unspecified atom stereocenters. The molecule has 0 saturated heterocycles. The van der Waals surface area contributed by atoms with Crippen molar-refractivity contribution in [3.63, 3.8) is 0 Å². The lowest BCUT2D eigenvalue weighted by atomic mass is 10.1. The highest BCUT2D eigenvalue weighted by molar-refractivity contribution is 5.76. The Kier molecular flexibility index (Phi) is 6.48. The second-order valence-electron chi connectivity index (χ2n) is 5.30. The molecule has 0 bridgehead atoms. The Balaban J connectivity index is 1.72. The van der Waals surface area contributed by atoms with Crippen LogP contribution in [0.25, 0.3) is 0 Å². The summed E-state index contributed by atoms with van der Waals surface area (Å²) in [4.78, 5) is 11.9. The van der Waals surface area contributed by atoms with Crippen LogP contribution in [0.1, 0.15) is 17.5 Å². The Hall–Kier alpha value is -2.49. The van der Waals surface area contributed by atoms with E-state index >= 15 is 0 Å². The van der Waals surface area contributed by atoms with E-state index < -0.39 is 0 Å². The lowest BCUT2D eigenvalue weighted by molar-refractivity contribution is -0.121. The summed E-state index contributed by atoms with van der Waals surface area (Å²) in [7, 11) is 3.30. The maximum absolute atomic E-state index is 11.9. The van der Waals surface area contributed by atoms with Gasteiger partial charge in [0.1, 0.15) is 11.5 Å². The summed E-state index contributed by atoms with van der Waals surface area (Å²) < 4.78 is 10.4. The molecule has 1 N–H and O–H groups in total. The molecule has 0 fully saturated rings. The van der Waals surface area contributed by atoms with Crippen LogP contribution in [0.4, 0.5) is 0 Å².